The molecule has 0 amide bonds. The second-order valence-electron chi connectivity index (χ2n) is 3.41. The van der Waals surface area contributed by atoms with Crippen LogP contribution in [0.2, 0.25) is 0 Å². The number of nitrogens with zero attached hydrogens (tertiary/aromatic N) is 2. The Balaban J connectivity index is 4.52. The summed E-state index contributed by atoms with van der Waals surface area (Å²) in [6, 6.07) is 2.40. The topological polar surface area (TPSA) is 91.1 Å². The number of nitrogens with two attached hydrogens (primary N) is 2. The van der Waals surface area contributed by atoms with Crippen molar-refractivity contribution in [2.24, 2.45) is 11.6 Å². The minimum Gasteiger partial charge on any atom is -0.400 e. The number of nitriles is 1. The van der Waals surface area contributed by atoms with Gasteiger partial charge in [0.1, 0.15) is 0 Å². The molecule has 0 spiro atoms. The second kappa shape index (κ2) is 6.24. The third-order valence-electron chi connectivity index (χ3n) is 2.15. The first kappa shape index (κ1) is 12.8. The summed E-state index contributed by atoms with van der Waals surface area (Å²) in [5.74, 6) is 5.13. The van der Waals surface area contributed by atoms with E-state index in [0.717, 1.165) is 0 Å². The Morgan fingerprint density at radius 2 is 2.14 bits per heavy atom. The predicted molar refractivity (Wildman–Crippen MR) is 56.5 cm³/mol. The fourth-order valence-corrected chi connectivity index (χ4v) is 1.26. The molecule has 0 bridgehead atoms. The van der Waals surface area contributed by atoms with Crippen LogP contribution >= 0.6 is 0 Å². The maximum Gasteiger partial charge on any atom is 0.0873 e. The standard InChI is InChI=1S/C9H19N5/c1-7(2)14(5-4-10)8(3)9(11)6-13-12/h6-8,13H,5,11-12H2,1-3H3/b9-6-. The van der Waals surface area contributed by atoms with Crippen molar-refractivity contribution in [3.63, 3.8) is 0 Å². The maximum absolute atomic E-state index is 8.65. The summed E-state index contributed by atoms with van der Waals surface area (Å²) in [6.07, 6.45) is 1.54. The van der Waals surface area contributed by atoms with Crippen molar-refractivity contribution in [3.8, 4) is 6.07 Å². The summed E-state index contributed by atoms with van der Waals surface area (Å²) in [7, 11) is 0. The molecule has 80 valence electrons. The van der Waals surface area contributed by atoms with Gasteiger partial charge in [-0.1, -0.05) is 0 Å². The van der Waals surface area contributed by atoms with Crippen LogP contribution in [0.5, 0.6) is 0 Å². The van der Waals surface area contributed by atoms with Gasteiger partial charge in [0.25, 0.3) is 0 Å². The van der Waals surface area contributed by atoms with E-state index in [2.05, 4.69) is 11.5 Å². The van der Waals surface area contributed by atoms with Gasteiger partial charge >= 0.3 is 0 Å². The van der Waals surface area contributed by atoms with E-state index in [9.17, 15) is 0 Å². The van der Waals surface area contributed by atoms with Crippen LogP contribution in [-0.2, 0) is 0 Å². The first-order chi connectivity index (χ1) is 6.54. The van der Waals surface area contributed by atoms with E-state index in [1.165, 1.54) is 6.20 Å². The van der Waals surface area contributed by atoms with Crippen LogP contribution in [0.25, 0.3) is 0 Å². The molecule has 0 aliphatic carbocycles. The Hall–Kier alpha value is -1.25. The van der Waals surface area contributed by atoms with Crippen molar-refractivity contribution in [1.29, 1.82) is 5.26 Å². The van der Waals surface area contributed by atoms with Crippen molar-refractivity contribution in [2.45, 2.75) is 32.9 Å². The molecular weight excluding hydrogens is 178 g/mol. The van der Waals surface area contributed by atoms with Gasteiger partial charge in [-0.3, -0.25) is 10.7 Å². The molecule has 5 nitrogen and oxygen atoms in total. The number of hydrazine groups is 1. The van der Waals surface area contributed by atoms with E-state index in [1.807, 2.05) is 25.7 Å². The van der Waals surface area contributed by atoms with E-state index in [0.29, 0.717) is 12.2 Å². The van der Waals surface area contributed by atoms with Crippen LogP contribution in [0, 0.1) is 11.3 Å². The van der Waals surface area contributed by atoms with Gasteiger partial charge < -0.3 is 11.2 Å². The van der Waals surface area contributed by atoms with Crippen LogP contribution in [0.3, 0.4) is 0 Å². The zero-order valence-electron chi connectivity index (χ0n) is 8.99. The average molecular weight is 197 g/mol. The van der Waals surface area contributed by atoms with Crippen molar-refractivity contribution in [2.75, 3.05) is 6.54 Å². The molecule has 0 aromatic rings. The molecule has 1 unspecified atom stereocenters. The lowest BCUT2D eigenvalue weighted by Crippen LogP contribution is -2.42. The Morgan fingerprint density at radius 3 is 2.50 bits per heavy atom. The summed E-state index contributed by atoms with van der Waals surface area (Å²) < 4.78 is 0. The molecule has 0 saturated carbocycles. The van der Waals surface area contributed by atoms with Gasteiger partial charge in [-0.05, 0) is 20.8 Å². The molecule has 0 aromatic carbocycles. The molecule has 0 aliphatic rings. The van der Waals surface area contributed by atoms with E-state index in [4.69, 9.17) is 16.8 Å². The highest BCUT2D eigenvalue weighted by molar-refractivity contribution is 5.05. The lowest BCUT2D eigenvalue weighted by atomic mass is 10.1. The van der Waals surface area contributed by atoms with Gasteiger partial charge in [0.05, 0.1) is 12.6 Å². The van der Waals surface area contributed by atoms with Gasteiger partial charge in [0.15, 0.2) is 0 Å². The minimum atomic E-state index is 0.00528. The van der Waals surface area contributed by atoms with Crippen molar-refractivity contribution < 1.29 is 0 Å². The third kappa shape index (κ3) is 3.64. The Bertz CT molecular complexity index is 228. The average Bonchev–Trinajstić information content (AvgIpc) is 2.13. The van der Waals surface area contributed by atoms with Crippen molar-refractivity contribution >= 4 is 0 Å². The quantitative estimate of drug-likeness (QED) is 0.324. The largest absolute Gasteiger partial charge is 0.400 e. The lowest BCUT2D eigenvalue weighted by Gasteiger charge is -2.30. The second-order valence-corrected chi connectivity index (χ2v) is 3.41. The third-order valence-corrected chi connectivity index (χ3v) is 2.15. The summed E-state index contributed by atoms with van der Waals surface area (Å²) in [4.78, 5) is 1.99. The SMILES string of the molecule is CC(C)N(CC#N)C(C)/C(N)=C/NN. The molecule has 0 saturated heterocycles. The van der Waals surface area contributed by atoms with Crippen LogP contribution in [0.1, 0.15) is 20.8 Å². The Labute approximate surface area is 85.3 Å². The van der Waals surface area contributed by atoms with Crippen LogP contribution < -0.4 is 17.0 Å². The van der Waals surface area contributed by atoms with Crippen LogP contribution in [0.4, 0.5) is 0 Å². The van der Waals surface area contributed by atoms with E-state index < -0.39 is 0 Å². The Kier molecular flexibility index (Phi) is 5.68. The highest BCUT2D eigenvalue weighted by Gasteiger charge is 2.18. The van der Waals surface area contributed by atoms with Crippen LogP contribution in [0.15, 0.2) is 11.9 Å². The fraction of sp³-hybridized carbons (Fsp3) is 0.667. The predicted octanol–water partition coefficient (Wildman–Crippen LogP) is -0.128. The highest BCUT2D eigenvalue weighted by atomic mass is 15.2. The molecule has 0 heterocycles. The maximum atomic E-state index is 8.65. The Morgan fingerprint density at radius 1 is 1.57 bits per heavy atom. The molecule has 0 aromatic heterocycles. The molecule has 5 heteroatoms. The normalized spacial score (nSPS) is 14.2. The van der Waals surface area contributed by atoms with Crippen LogP contribution in [-0.4, -0.2) is 23.5 Å². The van der Waals surface area contributed by atoms with Crippen molar-refractivity contribution in [3.05, 3.63) is 11.9 Å². The van der Waals surface area contributed by atoms with Gasteiger partial charge in [0.2, 0.25) is 0 Å². The van der Waals surface area contributed by atoms with E-state index >= 15 is 0 Å². The van der Waals surface area contributed by atoms with E-state index in [-0.39, 0.29) is 12.1 Å². The zero-order chi connectivity index (χ0) is 11.1. The summed E-state index contributed by atoms with van der Waals surface area (Å²) in [6.45, 7) is 6.35. The molecule has 0 aliphatic heterocycles. The molecular formula is C9H19N5. The molecule has 5 N–H and O–H groups in total. The first-order valence-corrected chi connectivity index (χ1v) is 4.59. The molecule has 1 atom stereocenters. The van der Waals surface area contributed by atoms with Gasteiger partial charge in [-0.25, -0.2) is 0 Å². The summed E-state index contributed by atoms with van der Waals surface area (Å²) in [5.41, 5.74) is 8.77. The minimum absolute atomic E-state index is 0.00528. The summed E-state index contributed by atoms with van der Waals surface area (Å²) in [5, 5.41) is 8.65. The zero-order valence-corrected chi connectivity index (χ0v) is 8.99. The summed E-state index contributed by atoms with van der Waals surface area (Å²) >= 11 is 0. The highest BCUT2D eigenvalue weighted by Crippen LogP contribution is 2.08. The molecule has 0 rings (SSSR count). The van der Waals surface area contributed by atoms with Gasteiger partial charge in [-0.2, -0.15) is 5.26 Å². The van der Waals surface area contributed by atoms with Crippen molar-refractivity contribution in [1.82, 2.24) is 10.3 Å². The number of hydrogen-bond donors (Lipinski definition) is 3. The lowest BCUT2D eigenvalue weighted by molar-refractivity contribution is 0.207. The van der Waals surface area contributed by atoms with Gasteiger partial charge in [0, 0.05) is 24.0 Å². The molecule has 0 radical (unpaired) electrons. The smallest absolute Gasteiger partial charge is 0.0873 e. The van der Waals surface area contributed by atoms with Gasteiger partial charge in [-0.15, -0.1) is 0 Å². The molecule has 14 heavy (non-hydrogen) atoms. The van der Waals surface area contributed by atoms with E-state index in [1.54, 1.807) is 0 Å². The fourth-order valence-electron chi connectivity index (χ4n) is 1.26. The number of hydrogen-bond acceptors (Lipinski definition) is 5. The monoisotopic (exact) mass is 197 g/mol. The first-order valence-electron chi connectivity index (χ1n) is 4.59. The number of rotatable bonds is 5. The number of nitrogens with one attached hydrogen (secondary N) is 1. The molecule has 0 fully saturated rings.